The van der Waals surface area contributed by atoms with E-state index < -0.39 is 40.6 Å². The van der Waals surface area contributed by atoms with E-state index in [0.29, 0.717) is 0 Å². The molecule has 2 rings (SSSR count). The van der Waals surface area contributed by atoms with Gasteiger partial charge in [0, 0.05) is 11.0 Å². The fourth-order valence-electron chi connectivity index (χ4n) is 1.87. The molecule has 0 radical (unpaired) electrons. The second-order valence-corrected chi connectivity index (χ2v) is 6.18. The summed E-state index contributed by atoms with van der Waals surface area (Å²) < 4.78 is 56.7. The topological polar surface area (TPSA) is 81.2 Å². The molecule has 0 spiro atoms. The highest BCUT2D eigenvalue weighted by molar-refractivity contribution is 8.00. The highest BCUT2D eigenvalue weighted by Crippen LogP contribution is 2.31. The number of aromatic amines is 1. The maximum atomic E-state index is 14.2. The molecule has 2 aromatic rings. The minimum absolute atomic E-state index is 0.114. The summed E-state index contributed by atoms with van der Waals surface area (Å²) in [4.78, 5) is 36.6. The number of ether oxygens (including phenoxy) is 1. The lowest BCUT2D eigenvalue weighted by Gasteiger charge is -2.11. The molecule has 12 heteroatoms. The van der Waals surface area contributed by atoms with Gasteiger partial charge in [-0.1, -0.05) is 11.6 Å². The summed E-state index contributed by atoms with van der Waals surface area (Å²) in [5.41, 5.74) is -5.03. The van der Waals surface area contributed by atoms with Crippen LogP contribution < -0.4 is 11.2 Å². The smallest absolute Gasteiger partial charge is 0.431 e. The number of halogens is 5. The Bertz CT molecular complexity index is 940. The number of aromatic nitrogens is 2. The monoisotopic (exact) mass is 412 g/mol. The Morgan fingerprint density at radius 3 is 2.50 bits per heavy atom. The molecule has 140 valence electrons. The Kier molecular flexibility index (Phi) is 5.81. The van der Waals surface area contributed by atoms with Gasteiger partial charge in [0.25, 0.3) is 5.56 Å². The predicted octanol–water partition coefficient (Wildman–Crippen LogP) is 2.60. The average Bonchev–Trinajstić information content (AvgIpc) is 2.53. The highest BCUT2D eigenvalue weighted by atomic mass is 35.5. The van der Waals surface area contributed by atoms with Crippen molar-refractivity contribution >= 4 is 29.3 Å². The van der Waals surface area contributed by atoms with Crippen molar-refractivity contribution in [3.63, 3.8) is 0 Å². The van der Waals surface area contributed by atoms with Gasteiger partial charge in [-0.05, 0) is 12.1 Å². The summed E-state index contributed by atoms with van der Waals surface area (Å²) in [6, 6.07) is 1.89. The third-order valence-corrected chi connectivity index (χ3v) is 4.51. The van der Waals surface area contributed by atoms with Gasteiger partial charge in [0.1, 0.15) is 11.5 Å². The third-order valence-electron chi connectivity index (χ3n) is 3.05. The van der Waals surface area contributed by atoms with Crippen molar-refractivity contribution < 1.29 is 27.1 Å². The van der Waals surface area contributed by atoms with Crippen LogP contribution in [0.5, 0.6) is 0 Å². The van der Waals surface area contributed by atoms with Gasteiger partial charge >= 0.3 is 17.8 Å². The highest BCUT2D eigenvalue weighted by Gasteiger charge is 2.33. The van der Waals surface area contributed by atoms with Crippen molar-refractivity contribution in [1.29, 1.82) is 0 Å². The molecule has 0 saturated carbocycles. The number of methoxy groups -OCH3 is 1. The van der Waals surface area contributed by atoms with Gasteiger partial charge in [-0.3, -0.25) is 9.59 Å². The number of hydrogen-bond donors (Lipinski definition) is 1. The summed E-state index contributed by atoms with van der Waals surface area (Å²) in [5.74, 6) is -1.91. The summed E-state index contributed by atoms with van der Waals surface area (Å²) in [7, 11) is 1.15. The fraction of sp³-hybridized carbons (Fsp3) is 0.214. The molecular formula is C14H9ClF4N2O4S. The Morgan fingerprint density at radius 1 is 1.31 bits per heavy atom. The van der Waals surface area contributed by atoms with Gasteiger partial charge in [0.2, 0.25) is 0 Å². The first-order valence-electron chi connectivity index (χ1n) is 6.67. The number of alkyl halides is 3. The van der Waals surface area contributed by atoms with E-state index in [-0.39, 0.29) is 26.3 Å². The molecule has 0 aliphatic heterocycles. The van der Waals surface area contributed by atoms with Gasteiger partial charge in [0.05, 0.1) is 23.6 Å². The van der Waals surface area contributed by atoms with E-state index in [1.54, 1.807) is 0 Å². The van der Waals surface area contributed by atoms with Crippen LogP contribution in [0.15, 0.2) is 32.7 Å². The molecule has 0 amide bonds. The number of benzene rings is 1. The van der Waals surface area contributed by atoms with Crippen molar-refractivity contribution in [3.8, 4) is 5.69 Å². The molecule has 0 aliphatic rings. The van der Waals surface area contributed by atoms with E-state index in [4.69, 9.17) is 11.6 Å². The summed E-state index contributed by atoms with van der Waals surface area (Å²) in [5, 5.41) is -0.114. The van der Waals surface area contributed by atoms with Crippen LogP contribution in [0.1, 0.15) is 5.69 Å². The molecule has 1 N–H and O–H groups in total. The van der Waals surface area contributed by atoms with Crippen molar-refractivity contribution in [2.24, 2.45) is 0 Å². The minimum Gasteiger partial charge on any atom is -0.468 e. The molecule has 0 aliphatic carbocycles. The van der Waals surface area contributed by atoms with E-state index in [1.165, 1.54) is 4.98 Å². The van der Waals surface area contributed by atoms with E-state index in [0.717, 1.165) is 31.0 Å². The van der Waals surface area contributed by atoms with Crippen molar-refractivity contribution in [1.82, 2.24) is 9.55 Å². The van der Waals surface area contributed by atoms with E-state index in [1.807, 2.05) is 0 Å². The lowest BCUT2D eigenvalue weighted by molar-refractivity contribution is -0.141. The normalized spacial score (nSPS) is 11.5. The number of carbonyl (C=O) groups excluding carboxylic acids is 1. The lowest BCUT2D eigenvalue weighted by atomic mass is 10.3. The van der Waals surface area contributed by atoms with E-state index in [9.17, 15) is 31.9 Å². The molecule has 1 aromatic carbocycles. The zero-order chi connectivity index (χ0) is 19.6. The second-order valence-electron chi connectivity index (χ2n) is 4.76. The van der Waals surface area contributed by atoms with Crippen LogP contribution in [0.25, 0.3) is 5.69 Å². The Balaban J connectivity index is 2.57. The van der Waals surface area contributed by atoms with Crippen molar-refractivity contribution in [3.05, 3.63) is 55.6 Å². The molecule has 1 aromatic heterocycles. The maximum Gasteiger partial charge on any atom is 0.431 e. The first kappa shape index (κ1) is 20.0. The second kappa shape index (κ2) is 7.54. The number of esters is 1. The molecule has 0 saturated heterocycles. The molecule has 0 atom stereocenters. The van der Waals surface area contributed by atoms with Gasteiger partial charge in [-0.15, -0.1) is 11.8 Å². The number of nitrogens with one attached hydrogen (secondary N) is 1. The Hall–Kier alpha value is -2.27. The Labute approximate surface area is 151 Å². The van der Waals surface area contributed by atoms with E-state index >= 15 is 0 Å². The molecule has 1 heterocycles. The molecule has 6 nitrogen and oxygen atoms in total. The quantitative estimate of drug-likeness (QED) is 0.474. The SMILES string of the molecule is COC(=O)CSc1cc(-n2c(=O)cc(C(F)(F)F)[nH]c2=O)c(F)cc1Cl. The molecule has 0 bridgehead atoms. The number of hydrogen-bond acceptors (Lipinski definition) is 5. The summed E-state index contributed by atoms with van der Waals surface area (Å²) in [6.07, 6.45) is -4.95. The first-order valence-corrected chi connectivity index (χ1v) is 8.03. The van der Waals surface area contributed by atoms with Crippen LogP contribution >= 0.6 is 23.4 Å². The fourth-order valence-corrected chi connectivity index (χ4v) is 2.97. The maximum absolute atomic E-state index is 14.2. The van der Waals surface area contributed by atoms with Crippen LogP contribution in [-0.4, -0.2) is 28.4 Å². The zero-order valence-electron chi connectivity index (χ0n) is 12.8. The standard InChI is InChI=1S/C14H9ClF4N2O4S/c1-25-12(23)5-26-9-3-8(7(16)2-6(9)15)21-11(22)4-10(14(17,18)19)20-13(21)24/h2-4H,5H2,1H3,(H,20,24). The van der Waals surface area contributed by atoms with Crippen LogP contribution in [0.2, 0.25) is 5.02 Å². The van der Waals surface area contributed by atoms with Crippen LogP contribution in [0, 0.1) is 5.82 Å². The first-order chi connectivity index (χ1) is 12.0. The third kappa shape index (κ3) is 4.28. The summed E-state index contributed by atoms with van der Waals surface area (Å²) >= 11 is 6.68. The molecule has 0 unspecified atom stereocenters. The van der Waals surface area contributed by atoms with E-state index in [2.05, 4.69) is 4.74 Å². The van der Waals surface area contributed by atoms with Crippen molar-refractivity contribution in [2.45, 2.75) is 11.1 Å². The van der Waals surface area contributed by atoms with Gasteiger partial charge in [-0.25, -0.2) is 13.8 Å². The number of rotatable bonds is 4. The predicted molar refractivity (Wildman–Crippen MR) is 85.4 cm³/mol. The van der Waals surface area contributed by atoms with Crippen LogP contribution in [-0.2, 0) is 15.7 Å². The average molecular weight is 413 g/mol. The molecule has 0 fully saturated rings. The number of carbonyl (C=O) groups is 1. The number of H-pyrrole nitrogens is 1. The Morgan fingerprint density at radius 2 is 1.96 bits per heavy atom. The van der Waals surface area contributed by atoms with Crippen LogP contribution in [0.3, 0.4) is 0 Å². The summed E-state index contributed by atoms with van der Waals surface area (Å²) in [6.45, 7) is 0. The molecule has 26 heavy (non-hydrogen) atoms. The van der Waals surface area contributed by atoms with Crippen molar-refractivity contribution in [2.75, 3.05) is 12.9 Å². The largest absolute Gasteiger partial charge is 0.468 e. The lowest BCUT2D eigenvalue weighted by Crippen LogP contribution is -2.36. The van der Waals surface area contributed by atoms with Crippen LogP contribution in [0.4, 0.5) is 17.6 Å². The zero-order valence-corrected chi connectivity index (χ0v) is 14.4. The minimum atomic E-state index is -4.95. The number of nitrogens with zero attached hydrogens (tertiary/aromatic N) is 1. The van der Waals surface area contributed by atoms with Gasteiger partial charge in [-0.2, -0.15) is 13.2 Å². The van der Waals surface area contributed by atoms with Gasteiger partial charge in [0.15, 0.2) is 0 Å². The van der Waals surface area contributed by atoms with Gasteiger partial charge < -0.3 is 9.72 Å². The molecular weight excluding hydrogens is 404 g/mol. The number of thioether (sulfide) groups is 1.